The topological polar surface area (TPSA) is 125 Å². The SMILES string of the molecule is CCS(C)(C)C#CCCCCCCCCCCCSCCCOP(=O)(O)CO[C@H](C)Cn1cnc2c(N)ncnc21. The first kappa shape index (κ1) is 35.9. The van der Waals surface area contributed by atoms with Gasteiger partial charge in [-0.05, 0) is 56.0 Å². The predicted molar refractivity (Wildman–Crippen MR) is 177 cm³/mol. The van der Waals surface area contributed by atoms with E-state index in [0.717, 1.165) is 24.3 Å². The third-order valence-corrected chi connectivity index (χ3v) is 11.1. The number of fused-ring (bicyclic) bond motifs is 1. The van der Waals surface area contributed by atoms with Gasteiger partial charge in [0.15, 0.2) is 11.5 Å². The fourth-order valence-electron chi connectivity index (χ4n) is 4.06. The van der Waals surface area contributed by atoms with Gasteiger partial charge in [-0.2, -0.15) is 21.8 Å². The second-order valence-electron chi connectivity index (χ2n) is 10.9. The monoisotopic (exact) mass is 629 g/mol. The molecule has 0 aliphatic carbocycles. The third-order valence-electron chi connectivity index (χ3n) is 6.79. The summed E-state index contributed by atoms with van der Waals surface area (Å²) in [5, 5.41) is 3.47. The lowest BCUT2D eigenvalue weighted by molar-refractivity contribution is 0.0718. The molecule has 2 atom stereocenters. The van der Waals surface area contributed by atoms with Crippen LogP contribution in [0.1, 0.15) is 84.5 Å². The molecule has 3 N–H and O–H groups in total. The molecule has 9 nitrogen and oxygen atoms in total. The molecule has 0 radical (unpaired) electrons. The maximum absolute atomic E-state index is 12.3. The quantitative estimate of drug-likeness (QED) is 0.0801. The highest BCUT2D eigenvalue weighted by molar-refractivity contribution is 8.36. The number of unbranched alkanes of at least 4 members (excludes halogenated alkanes) is 9. The molecule has 0 bridgehead atoms. The lowest BCUT2D eigenvalue weighted by Gasteiger charge is -2.20. The lowest BCUT2D eigenvalue weighted by atomic mass is 10.1. The van der Waals surface area contributed by atoms with E-state index in [4.69, 9.17) is 15.0 Å². The van der Waals surface area contributed by atoms with Crippen LogP contribution >= 0.6 is 29.4 Å². The van der Waals surface area contributed by atoms with Crippen LogP contribution in [0.5, 0.6) is 0 Å². The van der Waals surface area contributed by atoms with Gasteiger partial charge in [-0.15, -0.1) is 0 Å². The lowest BCUT2D eigenvalue weighted by Crippen LogP contribution is -2.17. The fraction of sp³-hybridized carbons (Fsp3) is 0.759. The van der Waals surface area contributed by atoms with Gasteiger partial charge in [0.25, 0.3) is 0 Å². The third kappa shape index (κ3) is 15.7. The maximum atomic E-state index is 12.3. The van der Waals surface area contributed by atoms with Gasteiger partial charge in [-0.1, -0.05) is 63.0 Å². The molecule has 0 aliphatic heterocycles. The van der Waals surface area contributed by atoms with Crippen molar-refractivity contribution in [1.29, 1.82) is 0 Å². The summed E-state index contributed by atoms with van der Waals surface area (Å²) in [6.07, 6.45) is 20.5. The fourth-order valence-corrected chi connectivity index (χ4v) is 6.57. The van der Waals surface area contributed by atoms with Gasteiger partial charge in [0.05, 0.1) is 25.6 Å². The molecular formula is C29H52N5O4PS2. The molecule has 234 valence electrons. The van der Waals surface area contributed by atoms with Crippen molar-refractivity contribution in [1.82, 2.24) is 19.5 Å². The van der Waals surface area contributed by atoms with Gasteiger partial charge < -0.3 is 24.5 Å². The zero-order chi connectivity index (χ0) is 30.0. The molecule has 0 fully saturated rings. The van der Waals surface area contributed by atoms with E-state index in [2.05, 4.69) is 45.6 Å². The van der Waals surface area contributed by atoms with E-state index in [0.29, 0.717) is 23.5 Å². The second-order valence-corrected chi connectivity index (χ2v) is 17.8. The van der Waals surface area contributed by atoms with Crippen LogP contribution in [0.15, 0.2) is 12.7 Å². The van der Waals surface area contributed by atoms with Crippen LogP contribution in [0.3, 0.4) is 0 Å². The van der Waals surface area contributed by atoms with Crippen molar-refractivity contribution in [3.63, 3.8) is 0 Å². The Morgan fingerprint density at radius 1 is 1.05 bits per heavy atom. The Hall–Kier alpha value is -1.28. The Labute approximate surface area is 253 Å². The largest absolute Gasteiger partial charge is 0.382 e. The average Bonchev–Trinajstić information content (AvgIpc) is 3.35. The highest BCUT2D eigenvalue weighted by atomic mass is 32.3. The summed E-state index contributed by atoms with van der Waals surface area (Å²) in [5.41, 5.74) is 6.94. The van der Waals surface area contributed by atoms with Gasteiger partial charge in [-0.3, -0.25) is 4.57 Å². The first-order valence-electron chi connectivity index (χ1n) is 14.9. The van der Waals surface area contributed by atoms with Crippen LogP contribution in [-0.2, 0) is 20.4 Å². The Bertz CT molecular complexity index is 1120. The number of rotatable bonds is 22. The summed E-state index contributed by atoms with van der Waals surface area (Å²) in [6, 6.07) is 0. The summed E-state index contributed by atoms with van der Waals surface area (Å²) in [5.74, 6) is 6.96. The first-order chi connectivity index (χ1) is 19.6. The van der Waals surface area contributed by atoms with Crippen LogP contribution in [0, 0.1) is 11.2 Å². The summed E-state index contributed by atoms with van der Waals surface area (Å²) in [4.78, 5) is 22.4. The zero-order valence-corrected chi connectivity index (χ0v) is 28.1. The van der Waals surface area contributed by atoms with Crippen molar-refractivity contribution in [3.05, 3.63) is 12.7 Å². The number of imidazole rings is 1. The molecule has 41 heavy (non-hydrogen) atoms. The van der Waals surface area contributed by atoms with Crippen molar-refractivity contribution in [2.24, 2.45) is 0 Å². The van der Waals surface area contributed by atoms with Crippen molar-refractivity contribution >= 4 is 46.4 Å². The van der Waals surface area contributed by atoms with E-state index < -0.39 is 17.6 Å². The molecule has 2 aromatic heterocycles. The minimum Gasteiger partial charge on any atom is -0.382 e. The highest BCUT2D eigenvalue weighted by Gasteiger charge is 2.21. The molecule has 2 aromatic rings. The molecule has 0 saturated carbocycles. The molecule has 0 aromatic carbocycles. The minimum absolute atomic E-state index is 0.255. The molecule has 0 saturated heterocycles. The summed E-state index contributed by atoms with van der Waals surface area (Å²) < 4.78 is 24.9. The summed E-state index contributed by atoms with van der Waals surface area (Å²) >= 11 is 1.89. The molecule has 0 aliphatic rings. The zero-order valence-electron chi connectivity index (χ0n) is 25.6. The van der Waals surface area contributed by atoms with E-state index in [1.54, 1.807) is 10.9 Å². The predicted octanol–water partition coefficient (Wildman–Crippen LogP) is 7.04. The van der Waals surface area contributed by atoms with Gasteiger partial charge in [0.1, 0.15) is 18.2 Å². The van der Waals surface area contributed by atoms with Gasteiger partial charge in [0.2, 0.25) is 0 Å². The van der Waals surface area contributed by atoms with E-state index in [1.807, 2.05) is 18.7 Å². The number of nitrogens with two attached hydrogens (primary N) is 1. The summed E-state index contributed by atoms with van der Waals surface area (Å²) in [6.45, 7) is 4.73. The van der Waals surface area contributed by atoms with Crippen LogP contribution in [0.4, 0.5) is 5.82 Å². The number of hydrogen-bond donors (Lipinski definition) is 2. The van der Waals surface area contributed by atoms with Crippen molar-refractivity contribution in [3.8, 4) is 11.2 Å². The minimum atomic E-state index is -3.80. The van der Waals surface area contributed by atoms with E-state index in [9.17, 15) is 9.46 Å². The van der Waals surface area contributed by atoms with Gasteiger partial charge in [-0.25, -0.2) is 15.0 Å². The maximum Gasteiger partial charge on any atom is 0.353 e. The standard InChI is InChI=1S/C29H52N5O4PS2/c1-5-41(3,4)21-16-14-12-10-8-6-7-9-11-13-15-19-40-20-17-18-38-39(35,36)25-37-26(2)22-34-24-33-27-28(30)31-23-32-29(27)34/h23-24,26H,5-15,17-20,22,25H2,1-4H3,(H,35,36)(H2,30,31,32)/t26-/m1/s1. The highest BCUT2D eigenvalue weighted by Crippen LogP contribution is 2.42. The molecule has 2 rings (SSSR count). The number of nitrogen functional groups attached to an aromatic ring is 1. The smallest absolute Gasteiger partial charge is 0.353 e. The molecule has 1 unspecified atom stereocenters. The second kappa shape index (κ2) is 19.8. The Morgan fingerprint density at radius 2 is 1.71 bits per heavy atom. The molecule has 12 heteroatoms. The molecule has 0 amide bonds. The Morgan fingerprint density at radius 3 is 2.41 bits per heavy atom. The van der Waals surface area contributed by atoms with Crippen LogP contribution in [0.25, 0.3) is 11.2 Å². The molecule has 2 heterocycles. The number of hydrogen-bond acceptors (Lipinski definition) is 8. The van der Waals surface area contributed by atoms with Gasteiger partial charge >= 0.3 is 7.60 Å². The van der Waals surface area contributed by atoms with Crippen molar-refractivity contribution < 1.29 is 18.7 Å². The number of thioether (sulfide) groups is 1. The van der Waals surface area contributed by atoms with E-state index in [1.165, 1.54) is 69.9 Å². The number of anilines is 1. The summed E-state index contributed by atoms with van der Waals surface area (Å²) in [7, 11) is -4.46. The van der Waals surface area contributed by atoms with Crippen molar-refractivity contribution in [2.75, 3.05) is 48.5 Å². The van der Waals surface area contributed by atoms with Crippen LogP contribution < -0.4 is 5.73 Å². The number of nitrogens with zero attached hydrogens (tertiary/aromatic N) is 4. The molecule has 0 spiro atoms. The van der Waals surface area contributed by atoms with Gasteiger partial charge in [0, 0.05) is 6.42 Å². The normalized spacial score (nSPS) is 14.5. The Balaban J connectivity index is 1.39. The molecular weight excluding hydrogens is 577 g/mol. The number of aromatic nitrogens is 4. The number of ether oxygens (including phenoxy) is 1. The Kier molecular flexibility index (Phi) is 17.4. The van der Waals surface area contributed by atoms with Crippen molar-refractivity contribution in [2.45, 2.75) is 97.1 Å². The van der Waals surface area contributed by atoms with Crippen LogP contribution in [-0.4, -0.2) is 73.2 Å². The van der Waals surface area contributed by atoms with Crippen LogP contribution in [0.2, 0.25) is 0 Å². The van der Waals surface area contributed by atoms with E-state index in [-0.39, 0.29) is 19.1 Å². The first-order valence-corrected chi connectivity index (χ1v) is 20.4. The average molecular weight is 630 g/mol. The van der Waals surface area contributed by atoms with E-state index >= 15 is 0 Å².